The summed E-state index contributed by atoms with van der Waals surface area (Å²) in [6.45, 7) is 5.32. The molecule has 0 unspecified atom stereocenters. The van der Waals surface area contributed by atoms with Gasteiger partial charge in [0.2, 0.25) is 10.0 Å². The quantitative estimate of drug-likeness (QED) is 0.597. The Balaban J connectivity index is 1.69. The van der Waals surface area contributed by atoms with Gasteiger partial charge in [0, 0.05) is 13.1 Å². The Morgan fingerprint density at radius 2 is 1.70 bits per heavy atom. The van der Waals surface area contributed by atoms with Gasteiger partial charge in [-0.3, -0.25) is 4.79 Å². The van der Waals surface area contributed by atoms with Crippen molar-refractivity contribution in [2.45, 2.75) is 37.6 Å². The molecule has 1 heterocycles. The fraction of sp³-hybridized carbons (Fsp3) is 0.458. The Labute approximate surface area is 195 Å². The van der Waals surface area contributed by atoms with E-state index < -0.39 is 16.1 Å². The van der Waals surface area contributed by atoms with Crippen molar-refractivity contribution in [1.29, 1.82) is 0 Å². The normalized spacial score (nSPS) is 15.7. The van der Waals surface area contributed by atoms with E-state index in [9.17, 15) is 13.2 Å². The molecule has 0 saturated carbocycles. The van der Waals surface area contributed by atoms with Crippen molar-refractivity contribution in [2.75, 3.05) is 33.9 Å². The van der Waals surface area contributed by atoms with Crippen LogP contribution in [-0.2, 0) is 10.0 Å². The van der Waals surface area contributed by atoms with E-state index >= 15 is 0 Å². The Kier molecular flexibility index (Phi) is 8.20. The van der Waals surface area contributed by atoms with E-state index in [4.69, 9.17) is 14.2 Å². The maximum Gasteiger partial charge on any atom is 0.257 e. The zero-order chi connectivity index (χ0) is 24.0. The molecule has 9 heteroatoms. The average molecular weight is 477 g/mol. The smallest absolute Gasteiger partial charge is 0.257 e. The molecule has 1 atom stereocenters. The first-order valence-electron chi connectivity index (χ1n) is 11.0. The van der Waals surface area contributed by atoms with Crippen molar-refractivity contribution in [1.82, 2.24) is 9.62 Å². The van der Waals surface area contributed by atoms with Gasteiger partial charge in [-0.1, -0.05) is 6.92 Å². The number of nitrogens with zero attached hydrogens (tertiary/aromatic N) is 1. The predicted molar refractivity (Wildman–Crippen MR) is 126 cm³/mol. The molecule has 1 saturated heterocycles. The predicted octanol–water partition coefficient (Wildman–Crippen LogP) is 3.32. The molecular formula is C24H32N2O6S. The van der Waals surface area contributed by atoms with Crippen LogP contribution in [0.25, 0.3) is 0 Å². The van der Waals surface area contributed by atoms with Crippen LogP contribution in [0.5, 0.6) is 17.2 Å². The molecule has 1 fully saturated rings. The van der Waals surface area contributed by atoms with E-state index in [2.05, 4.69) is 11.6 Å². The molecule has 0 aliphatic carbocycles. The summed E-state index contributed by atoms with van der Waals surface area (Å²) in [5, 5.41) is 0. The summed E-state index contributed by atoms with van der Waals surface area (Å²) in [4.78, 5) is 14.9. The summed E-state index contributed by atoms with van der Waals surface area (Å²) >= 11 is 0. The van der Waals surface area contributed by atoms with E-state index in [-0.39, 0.29) is 23.0 Å². The number of sulfonamides is 1. The van der Waals surface area contributed by atoms with Crippen molar-refractivity contribution in [2.24, 2.45) is 5.92 Å². The highest BCUT2D eigenvalue weighted by molar-refractivity contribution is 7.89. The molecule has 0 radical (unpaired) electrons. The fourth-order valence-corrected chi connectivity index (χ4v) is 4.92. The second-order valence-electron chi connectivity index (χ2n) is 8.35. The second-order valence-corrected chi connectivity index (χ2v) is 10.1. The molecule has 1 aliphatic rings. The Bertz CT molecular complexity index is 1050. The van der Waals surface area contributed by atoms with Crippen LogP contribution >= 0.6 is 0 Å². The summed E-state index contributed by atoms with van der Waals surface area (Å²) in [5.74, 6) is 2.03. The molecule has 0 bridgehead atoms. The number of likely N-dealkylation sites (tertiary alicyclic amines) is 1. The van der Waals surface area contributed by atoms with Crippen molar-refractivity contribution >= 4 is 15.9 Å². The van der Waals surface area contributed by atoms with Crippen LogP contribution in [0.4, 0.5) is 0 Å². The number of carbonyl (C=O) groups is 1. The van der Waals surface area contributed by atoms with E-state index in [1.165, 1.54) is 25.3 Å². The number of carbonyl (C=O) groups excluding carboxylic acids is 1. The summed E-state index contributed by atoms with van der Waals surface area (Å²) in [6, 6.07) is 10.9. The van der Waals surface area contributed by atoms with Gasteiger partial charge in [0.1, 0.15) is 23.9 Å². The van der Waals surface area contributed by atoms with E-state index in [0.29, 0.717) is 36.3 Å². The number of benzene rings is 2. The molecule has 33 heavy (non-hydrogen) atoms. The van der Waals surface area contributed by atoms with Crippen molar-refractivity contribution in [3.63, 3.8) is 0 Å². The number of ether oxygens (including phenoxy) is 3. The zero-order valence-electron chi connectivity index (χ0n) is 19.5. The number of amides is 1. The van der Waals surface area contributed by atoms with Gasteiger partial charge >= 0.3 is 0 Å². The van der Waals surface area contributed by atoms with Crippen LogP contribution in [0.3, 0.4) is 0 Å². The van der Waals surface area contributed by atoms with Gasteiger partial charge in [0.15, 0.2) is 0 Å². The maximum atomic E-state index is 13.1. The Hall–Kier alpha value is -2.78. The molecule has 1 amide bonds. The van der Waals surface area contributed by atoms with Gasteiger partial charge in [0.05, 0.1) is 30.7 Å². The van der Waals surface area contributed by atoms with E-state index in [0.717, 1.165) is 12.8 Å². The summed E-state index contributed by atoms with van der Waals surface area (Å²) in [6.07, 6.45) is 1.86. The molecule has 0 aromatic heterocycles. The largest absolute Gasteiger partial charge is 0.497 e. The molecule has 0 spiro atoms. The van der Waals surface area contributed by atoms with Gasteiger partial charge in [-0.25, -0.2) is 13.1 Å². The third-order valence-electron chi connectivity index (χ3n) is 5.70. The number of hydrogen-bond donors (Lipinski definition) is 1. The van der Waals surface area contributed by atoms with E-state index in [1.807, 2.05) is 0 Å². The minimum Gasteiger partial charge on any atom is -0.497 e. The van der Waals surface area contributed by atoms with E-state index in [1.54, 1.807) is 43.2 Å². The number of hydrogen-bond acceptors (Lipinski definition) is 6. The maximum absolute atomic E-state index is 13.1. The Morgan fingerprint density at radius 3 is 2.30 bits per heavy atom. The molecule has 1 aliphatic heterocycles. The fourth-order valence-electron chi connectivity index (χ4n) is 3.66. The van der Waals surface area contributed by atoms with Crippen molar-refractivity contribution in [3.05, 3.63) is 48.0 Å². The first-order valence-corrected chi connectivity index (χ1v) is 12.5. The van der Waals surface area contributed by atoms with Gasteiger partial charge < -0.3 is 19.1 Å². The Morgan fingerprint density at radius 1 is 1.06 bits per heavy atom. The lowest BCUT2D eigenvalue weighted by molar-refractivity contribution is 0.0693. The number of rotatable bonds is 9. The van der Waals surface area contributed by atoms with Crippen LogP contribution in [-0.4, -0.2) is 59.2 Å². The van der Waals surface area contributed by atoms with Crippen LogP contribution < -0.4 is 18.9 Å². The topological polar surface area (TPSA) is 94.2 Å². The van der Waals surface area contributed by atoms with Gasteiger partial charge in [-0.2, -0.15) is 0 Å². The lowest BCUT2D eigenvalue weighted by Gasteiger charge is -2.30. The average Bonchev–Trinajstić information content (AvgIpc) is 2.82. The third-order valence-corrected chi connectivity index (χ3v) is 7.29. The van der Waals surface area contributed by atoms with Crippen molar-refractivity contribution < 1.29 is 27.4 Å². The summed E-state index contributed by atoms with van der Waals surface area (Å²) in [5.41, 5.74) is 0.247. The molecule has 1 N–H and O–H groups in total. The van der Waals surface area contributed by atoms with Gasteiger partial charge in [0.25, 0.3) is 5.91 Å². The molecule has 180 valence electrons. The lowest BCUT2D eigenvalue weighted by atomic mass is 9.98. The van der Waals surface area contributed by atoms with Crippen LogP contribution in [0.2, 0.25) is 0 Å². The number of nitrogens with one attached hydrogen (secondary N) is 1. The van der Waals surface area contributed by atoms with Crippen LogP contribution in [0.1, 0.15) is 37.0 Å². The van der Waals surface area contributed by atoms with Gasteiger partial charge in [-0.15, -0.1) is 0 Å². The van der Waals surface area contributed by atoms with Crippen LogP contribution in [0.15, 0.2) is 47.4 Å². The lowest BCUT2D eigenvalue weighted by Crippen LogP contribution is -2.38. The highest BCUT2D eigenvalue weighted by atomic mass is 32.2. The van der Waals surface area contributed by atoms with Crippen molar-refractivity contribution in [3.8, 4) is 17.2 Å². The minimum atomic E-state index is -3.87. The highest BCUT2D eigenvalue weighted by Gasteiger charge is 2.26. The monoisotopic (exact) mass is 476 g/mol. The zero-order valence-corrected chi connectivity index (χ0v) is 20.4. The summed E-state index contributed by atoms with van der Waals surface area (Å²) < 4.78 is 44.7. The SMILES string of the molecule is COc1ccc(OC[C@H](C)NS(=O)(=O)c2ccc(OC)c(C(=O)N3CCC(C)CC3)c2)cc1. The molecule has 3 rings (SSSR count). The number of methoxy groups -OCH3 is 2. The second kappa shape index (κ2) is 10.9. The first-order chi connectivity index (χ1) is 15.7. The summed E-state index contributed by atoms with van der Waals surface area (Å²) in [7, 11) is -0.822. The third kappa shape index (κ3) is 6.39. The van der Waals surface area contributed by atoms with Crippen LogP contribution in [0, 0.1) is 5.92 Å². The number of piperidine rings is 1. The molecule has 2 aromatic rings. The molecule has 2 aromatic carbocycles. The molecular weight excluding hydrogens is 444 g/mol. The first kappa shape index (κ1) is 24.9. The minimum absolute atomic E-state index is 0.00771. The standard InChI is InChI=1S/C24H32N2O6S/c1-17-11-13-26(14-12-17)24(27)22-15-21(9-10-23(22)31-4)33(28,29)25-18(2)16-32-20-7-5-19(30-3)6-8-20/h5-10,15,17-18,25H,11-14,16H2,1-4H3/t18-/m0/s1. The highest BCUT2D eigenvalue weighted by Crippen LogP contribution is 2.26. The molecule has 8 nitrogen and oxygen atoms in total. The van der Waals surface area contributed by atoms with Gasteiger partial charge in [-0.05, 0) is 68.1 Å².